The van der Waals surface area contributed by atoms with Crippen molar-refractivity contribution in [2.75, 3.05) is 6.61 Å². The summed E-state index contributed by atoms with van der Waals surface area (Å²) in [6.45, 7) is 10.8. The largest absolute Gasteiger partial charge is 0.392 e. The highest BCUT2D eigenvalue weighted by atomic mass is 16.3. The first-order valence-electron chi connectivity index (χ1n) is 5.74. The number of hydrogen-bond donors (Lipinski definition) is 1. The fourth-order valence-corrected chi connectivity index (χ4v) is 1.59. The molecule has 88 valence electrons. The molecule has 0 bridgehead atoms. The van der Waals surface area contributed by atoms with E-state index in [1.165, 1.54) is 16.7 Å². The van der Waals surface area contributed by atoms with Gasteiger partial charge in [-0.05, 0) is 41.5 Å². The third-order valence-corrected chi connectivity index (χ3v) is 3.06. The smallest absolute Gasteiger partial charge is 0.0644 e. The predicted octanol–water partition coefficient (Wildman–Crippen LogP) is 3.77. The normalized spacial score (nSPS) is 13.6. The average molecular weight is 218 g/mol. The van der Waals surface area contributed by atoms with E-state index in [1.54, 1.807) is 0 Å². The summed E-state index contributed by atoms with van der Waals surface area (Å²) in [6, 6.07) is 8.61. The molecule has 0 fully saturated rings. The van der Waals surface area contributed by atoms with Gasteiger partial charge in [0.1, 0.15) is 0 Å². The molecular weight excluding hydrogens is 196 g/mol. The van der Waals surface area contributed by atoms with Gasteiger partial charge in [-0.2, -0.15) is 0 Å². The van der Waals surface area contributed by atoms with Crippen molar-refractivity contribution >= 4 is 5.57 Å². The summed E-state index contributed by atoms with van der Waals surface area (Å²) < 4.78 is 0. The minimum absolute atomic E-state index is 0.132. The first-order valence-corrected chi connectivity index (χ1v) is 5.74. The van der Waals surface area contributed by atoms with Crippen LogP contribution in [0.15, 0.2) is 29.8 Å². The Bertz CT molecular complexity index is 377. The molecule has 0 aliphatic heterocycles. The van der Waals surface area contributed by atoms with E-state index in [2.05, 4.69) is 52.0 Å². The lowest BCUT2D eigenvalue weighted by molar-refractivity contribution is 0.332. The van der Waals surface area contributed by atoms with Crippen molar-refractivity contribution in [3.05, 3.63) is 41.0 Å². The van der Waals surface area contributed by atoms with Gasteiger partial charge in [-0.1, -0.05) is 45.0 Å². The zero-order valence-corrected chi connectivity index (χ0v) is 11.0. The Morgan fingerprint density at radius 1 is 1.06 bits per heavy atom. The summed E-state index contributed by atoms with van der Waals surface area (Å²) >= 11 is 0. The Hall–Kier alpha value is -1.08. The lowest BCUT2D eigenvalue weighted by atomic mass is 9.86. The SMILES string of the molecule is CC(CO)=C(C)c1ccc(C(C)(C)C)cc1. The van der Waals surface area contributed by atoms with Crippen LogP contribution in [0.5, 0.6) is 0 Å². The van der Waals surface area contributed by atoms with Gasteiger partial charge in [0, 0.05) is 0 Å². The van der Waals surface area contributed by atoms with Crippen molar-refractivity contribution in [2.24, 2.45) is 0 Å². The van der Waals surface area contributed by atoms with Crippen LogP contribution in [0.25, 0.3) is 5.57 Å². The zero-order chi connectivity index (χ0) is 12.3. The number of aliphatic hydroxyl groups excluding tert-OH is 1. The minimum Gasteiger partial charge on any atom is -0.392 e. The third-order valence-electron chi connectivity index (χ3n) is 3.06. The molecule has 0 aliphatic rings. The molecule has 0 unspecified atom stereocenters. The van der Waals surface area contributed by atoms with E-state index in [0.29, 0.717) is 0 Å². The van der Waals surface area contributed by atoms with Gasteiger partial charge in [0.05, 0.1) is 6.61 Å². The molecule has 1 rings (SSSR count). The van der Waals surface area contributed by atoms with Gasteiger partial charge in [-0.25, -0.2) is 0 Å². The molecule has 0 amide bonds. The van der Waals surface area contributed by atoms with Crippen LogP contribution >= 0.6 is 0 Å². The van der Waals surface area contributed by atoms with Gasteiger partial charge >= 0.3 is 0 Å². The van der Waals surface area contributed by atoms with Crippen molar-refractivity contribution in [1.29, 1.82) is 0 Å². The fraction of sp³-hybridized carbons (Fsp3) is 0.467. The second kappa shape index (κ2) is 4.84. The van der Waals surface area contributed by atoms with E-state index in [1.807, 2.05) is 6.92 Å². The maximum Gasteiger partial charge on any atom is 0.0644 e. The van der Waals surface area contributed by atoms with Gasteiger partial charge < -0.3 is 5.11 Å². The van der Waals surface area contributed by atoms with E-state index in [-0.39, 0.29) is 12.0 Å². The van der Waals surface area contributed by atoms with Gasteiger partial charge in [0.25, 0.3) is 0 Å². The minimum atomic E-state index is 0.132. The predicted molar refractivity (Wildman–Crippen MR) is 70.5 cm³/mol. The number of rotatable bonds is 2. The van der Waals surface area contributed by atoms with Crippen molar-refractivity contribution in [3.63, 3.8) is 0 Å². The van der Waals surface area contributed by atoms with Crippen LogP contribution in [0, 0.1) is 0 Å². The summed E-state index contributed by atoms with van der Waals surface area (Å²) in [5, 5.41) is 9.09. The number of hydrogen-bond acceptors (Lipinski definition) is 1. The highest BCUT2D eigenvalue weighted by Gasteiger charge is 2.13. The van der Waals surface area contributed by atoms with E-state index in [4.69, 9.17) is 5.11 Å². The maximum atomic E-state index is 9.09. The van der Waals surface area contributed by atoms with Crippen molar-refractivity contribution < 1.29 is 5.11 Å². The summed E-state index contributed by atoms with van der Waals surface area (Å²) in [6.07, 6.45) is 0. The van der Waals surface area contributed by atoms with Gasteiger partial charge in [0.15, 0.2) is 0 Å². The van der Waals surface area contributed by atoms with Gasteiger partial charge in [-0.15, -0.1) is 0 Å². The monoisotopic (exact) mass is 218 g/mol. The standard InChI is InChI=1S/C15H22O/c1-11(10-16)12(2)13-6-8-14(9-7-13)15(3,4)5/h6-9,16H,10H2,1-5H3. The molecule has 1 nitrogen and oxygen atoms in total. The molecule has 0 aliphatic carbocycles. The summed E-state index contributed by atoms with van der Waals surface area (Å²) in [5.41, 5.74) is 4.93. The third kappa shape index (κ3) is 2.96. The second-order valence-electron chi connectivity index (χ2n) is 5.39. The maximum absolute atomic E-state index is 9.09. The van der Waals surface area contributed by atoms with Crippen molar-refractivity contribution in [3.8, 4) is 0 Å². The molecule has 0 atom stereocenters. The Morgan fingerprint density at radius 2 is 1.56 bits per heavy atom. The molecule has 1 N–H and O–H groups in total. The van der Waals surface area contributed by atoms with E-state index in [9.17, 15) is 0 Å². The van der Waals surface area contributed by atoms with Crippen LogP contribution in [0.4, 0.5) is 0 Å². The lowest BCUT2D eigenvalue weighted by Crippen LogP contribution is -2.10. The highest BCUT2D eigenvalue weighted by molar-refractivity contribution is 5.66. The topological polar surface area (TPSA) is 20.2 Å². The van der Waals surface area contributed by atoms with Crippen LogP contribution < -0.4 is 0 Å². The molecule has 0 radical (unpaired) electrons. The summed E-state index contributed by atoms with van der Waals surface area (Å²) in [4.78, 5) is 0. The number of aliphatic hydroxyl groups is 1. The first kappa shape index (κ1) is 13.0. The number of benzene rings is 1. The Morgan fingerprint density at radius 3 is 1.94 bits per heavy atom. The molecule has 1 heteroatoms. The first-order chi connectivity index (χ1) is 7.36. The van der Waals surface area contributed by atoms with Crippen LogP contribution in [-0.4, -0.2) is 11.7 Å². The van der Waals surface area contributed by atoms with Crippen molar-refractivity contribution in [2.45, 2.75) is 40.0 Å². The molecule has 0 spiro atoms. The fourth-order valence-electron chi connectivity index (χ4n) is 1.59. The zero-order valence-electron chi connectivity index (χ0n) is 11.0. The molecule has 1 aromatic carbocycles. The molecule has 0 saturated heterocycles. The van der Waals surface area contributed by atoms with Crippen LogP contribution in [-0.2, 0) is 5.41 Å². The van der Waals surface area contributed by atoms with Gasteiger partial charge in [-0.3, -0.25) is 0 Å². The summed E-state index contributed by atoms with van der Waals surface area (Å²) in [5.74, 6) is 0. The molecule has 16 heavy (non-hydrogen) atoms. The van der Waals surface area contributed by atoms with Crippen LogP contribution in [0.2, 0.25) is 0 Å². The number of allylic oxidation sites excluding steroid dienone is 1. The Kier molecular flexibility index (Phi) is 3.93. The molecule has 1 aromatic rings. The van der Waals surface area contributed by atoms with E-state index >= 15 is 0 Å². The van der Waals surface area contributed by atoms with E-state index in [0.717, 1.165) is 5.57 Å². The quantitative estimate of drug-likeness (QED) is 0.801. The van der Waals surface area contributed by atoms with Gasteiger partial charge in [0.2, 0.25) is 0 Å². The Labute approximate surface area is 98.8 Å². The molecule has 0 aromatic heterocycles. The van der Waals surface area contributed by atoms with Crippen molar-refractivity contribution in [1.82, 2.24) is 0 Å². The lowest BCUT2D eigenvalue weighted by Gasteiger charge is -2.19. The summed E-state index contributed by atoms with van der Waals surface area (Å²) in [7, 11) is 0. The average Bonchev–Trinajstić information content (AvgIpc) is 2.26. The highest BCUT2D eigenvalue weighted by Crippen LogP contribution is 2.25. The molecule has 0 heterocycles. The second-order valence-corrected chi connectivity index (χ2v) is 5.39. The molecule has 0 saturated carbocycles. The Balaban J connectivity index is 3.05. The van der Waals surface area contributed by atoms with Crippen LogP contribution in [0.1, 0.15) is 45.7 Å². The molecular formula is C15H22O. The van der Waals surface area contributed by atoms with Crippen LogP contribution in [0.3, 0.4) is 0 Å². The van der Waals surface area contributed by atoms with E-state index < -0.39 is 0 Å².